The summed E-state index contributed by atoms with van der Waals surface area (Å²) >= 11 is 0. The SMILES string of the molecule is CC(C)=CCc1c(OCC(=O)O)cc2oc3cc(OCOC=O)c(C)c(CC=C(C)C)c3c(=O)c2c1O. The van der Waals surface area contributed by atoms with Crippen LogP contribution in [0.4, 0.5) is 0 Å². The summed E-state index contributed by atoms with van der Waals surface area (Å²) in [5.41, 5.74) is 3.40. The second-order valence-corrected chi connectivity index (χ2v) is 9.04. The second-order valence-electron chi connectivity index (χ2n) is 9.04. The van der Waals surface area contributed by atoms with E-state index in [0.717, 1.165) is 11.1 Å². The first kappa shape index (κ1) is 27.3. The number of ether oxygens (including phenoxy) is 3. The topological polar surface area (TPSA) is 132 Å². The van der Waals surface area contributed by atoms with E-state index in [9.17, 15) is 19.5 Å². The molecule has 0 saturated heterocycles. The van der Waals surface area contributed by atoms with Crippen LogP contribution in [0.25, 0.3) is 21.9 Å². The molecule has 0 aliphatic carbocycles. The number of carboxylic acids is 1. The fourth-order valence-electron chi connectivity index (χ4n) is 3.93. The highest BCUT2D eigenvalue weighted by Crippen LogP contribution is 2.39. The molecule has 2 aromatic carbocycles. The molecule has 196 valence electrons. The Labute approximate surface area is 213 Å². The van der Waals surface area contributed by atoms with Crippen molar-refractivity contribution in [1.29, 1.82) is 0 Å². The predicted molar refractivity (Wildman–Crippen MR) is 138 cm³/mol. The summed E-state index contributed by atoms with van der Waals surface area (Å²) in [6.07, 6.45) is 4.42. The third-order valence-electron chi connectivity index (χ3n) is 5.77. The molecule has 0 unspecified atom stereocenters. The largest absolute Gasteiger partial charge is 0.507 e. The number of phenols is 1. The van der Waals surface area contributed by atoms with Crippen molar-refractivity contribution >= 4 is 34.4 Å². The minimum absolute atomic E-state index is 0.0249. The van der Waals surface area contributed by atoms with Crippen molar-refractivity contribution < 1.29 is 38.4 Å². The molecule has 0 spiro atoms. The number of carbonyl (C=O) groups excluding carboxylic acids is 1. The predicted octanol–water partition coefficient (Wildman–Crippen LogP) is 4.95. The molecule has 2 N–H and O–H groups in total. The summed E-state index contributed by atoms with van der Waals surface area (Å²) in [6, 6.07) is 2.94. The van der Waals surface area contributed by atoms with E-state index in [1.807, 2.05) is 39.8 Å². The van der Waals surface area contributed by atoms with E-state index in [0.29, 0.717) is 23.3 Å². The summed E-state index contributed by atoms with van der Waals surface area (Å²) in [6.45, 7) is 8.74. The van der Waals surface area contributed by atoms with E-state index in [1.54, 1.807) is 6.92 Å². The monoisotopic (exact) mass is 510 g/mol. The van der Waals surface area contributed by atoms with E-state index >= 15 is 0 Å². The van der Waals surface area contributed by atoms with Gasteiger partial charge >= 0.3 is 5.97 Å². The standard InChI is InChI=1S/C28H30O9/c1-15(2)6-8-18-17(5)20(36-14-34-13-29)10-22-25(18)28(33)26-23(37-22)11-21(35-12-24(30)31)19(27(26)32)9-7-16(3)4/h6-7,10-11,13,32H,8-9,12,14H2,1-5H3,(H,30,31). The number of allylic oxidation sites excluding steroid dienone is 4. The van der Waals surface area contributed by atoms with Crippen molar-refractivity contribution in [2.24, 2.45) is 0 Å². The minimum Gasteiger partial charge on any atom is -0.507 e. The summed E-state index contributed by atoms with van der Waals surface area (Å²) in [5, 5.41) is 20.6. The molecule has 0 fully saturated rings. The maximum Gasteiger partial charge on any atom is 0.341 e. The van der Waals surface area contributed by atoms with Crippen LogP contribution in [0, 0.1) is 6.92 Å². The molecule has 0 aliphatic heterocycles. The molecule has 0 amide bonds. The Morgan fingerprint density at radius 3 is 2.14 bits per heavy atom. The lowest BCUT2D eigenvalue weighted by molar-refractivity contribution is -0.139. The van der Waals surface area contributed by atoms with Gasteiger partial charge in [0.15, 0.2) is 6.61 Å². The molecular formula is C28H30O9. The van der Waals surface area contributed by atoms with Gasteiger partial charge in [0.1, 0.15) is 33.8 Å². The molecule has 1 aromatic heterocycles. The van der Waals surface area contributed by atoms with Crippen molar-refractivity contribution in [2.75, 3.05) is 13.4 Å². The molecule has 37 heavy (non-hydrogen) atoms. The maximum absolute atomic E-state index is 13.9. The number of carbonyl (C=O) groups is 2. The van der Waals surface area contributed by atoms with Gasteiger partial charge in [-0.2, -0.15) is 0 Å². The van der Waals surface area contributed by atoms with Crippen LogP contribution >= 0.6 is 0 Å². The van der Waals surface area contributed by atoms with Crippen molar-refractivity contribution in [3.8, 4) is 17.2 Å². The van der Waals surface area contributed by atoms with Gasteiger partial charge < -0.3 is 28.8 Å². The van der Waals surface area contributed by atoms with Crippen LogP contribution in [-0.2, 0) is 27.2 Å². The second kappa shape index (κ2) is 11.6. The lowest BCUT2D eigenvalue weighted by Gasteiger charge is -2.17. The average Bonchev–Trinajstić information content (AvgIpc) is 2.82. The van der Waals surface area contributed by atoms with E-state index in [4.69, 9.17) is 19.0 Å². The van der Waals surface area contributed by atoms with Gasteiger partial charge in [0.25, 0.3) is 6.47 Å². The molecule has 3 aromatic rings. The van der Waals surface area contributed by atoms with Gasteiger partial charge in [-0.3, -0.25) is 9.59 Å². The van der Waals surface area contributed by atoms with Gasteiger partial charge in [-0.25, -0.2) is 4.79 Å². The molecule has 0 radical (unpaired) electrons. The Bertz CT molecular complexity index is 1470. The van der Waals surface area contributed by atoms with Crippen molar-refractivity contribution in [1.82, 2.24) is 0 Å². The summed E-state index contributed by atoms with van der Waals surface area (Å²) in [7, 11) is 0. The van der Waals surface area contributed by atoms with Crippen LogP contribution in [0.5, 0.6) is 17.2 Å². The van der Waals surface area contributed by atoms with Gasteiger partial charge in [0, 0.05) is 17.7 Å². The molecule has 0 saturated carbocycles. The van der Waals surface area contributed by atoms with E-state index < -0.39 is 18.0 Å². The van der Waals surface area contributed by atoms with Crippen LogP contribution in [0.2, 0.25) is 0 Å². The first-order valence-corrected chi connectivity index (χ1v) is 11.6. The highest BCUT2D eigenvalue weighted by molar-refractivity contribution is 5.97. The Hall–Kier alpha value is -4.27. The van der Waals surface area contributed by atoms with Crippen LogP contribution in [-0.4, -0.2) is 36.1 Å². The van der Waals surface area contributed by atoms with E-state index in [2.05, 4.69) is 4.74 Å². The number of benzene rings is 2. The van der Waals surface area contributed by atoms with Gasteiger partial charge in [0.2, 0.25) is 12.2 Å². The Morgan fingerprint density at radius 2 is 1.54 bits per heavy atom. The molecular weight excluding hydrogens is 480 g/mol. The Balaban J connectivity index is 2.38. The average molecular weight is 511 g/mol. The molecule has 0 bridgehead atoms. The molecule has 1 heterocycles. The first-order chi connectivity index (χ1) is 17.5. The number of phenolic OH excluding ortho intramolecular Hbond substituents is 1. The fourth-order valence-corrected chi connectivity index (χ4v) is 3.93. The number of hydrogen-bond donors (Lipinski definition) is 2. The zero-order valence-electron chi connectivity index (χ0n) is 21.5. The number of fused-ring (bicyclic) bond motifs is 2. The first-order valence-electron chi connectivity index (χ1n) is 11.6. The van der Waals surface area contributed by atoms with Crippen LogP contribution in [0.1, 0.15) is 44.4 Å². The number of carboxylic acid groups (broad SMARTS) is 1. The molecule has 9 heteroatoms. The van der Waals surface area contributed by atoms with E-state index in [-0.39, 0.29) is 58.7 Å². The van der Waals surface area contributed by atoms with Crippen LogP contribution < -0.4 is 14.9 Å². The van der Waals surface area contributed by atoms with Crippen LogP contribution in [0.3, 0.4) is 0 Å². The zero-order chi connectivity index (χ0) is 27.3. The number of aromatic hydroxyl groups is 1. The number of hydrogen-bond acceptors (Lipinski definition) is 8. The van der Waals surface area contributed by atoms with Crippen molar-refractivity contribution in [2.45, 2.75) is 47.5 Å². The van der Waals surface area contributed by atoms with Gasteiger partial charge in [-0.1, -0.05) is 23.3 Å². The fraction of sp³-hybridized carbons (Fsp3) is 0.321. The number of aliphatic carboxylic acids is 1. The lowest BCUT2D eigenvalue weighted by atomic mass is 9.96. The lowest BCUT2D eigenvalue weighted by Crippen LogP contribution is -2.12. The van der Waals surface area contributed by atoms with E-state index in [1.165, 1.54) is 12.1 Å². The third kappa shape index (κ3) is 6.11. The highest BCUT2D eigenvalue weighted by Gasteiger charge is 2.23. The van der Waals surface area contributed by atoms with Gasteiger partial charge in [0.05, 0.1) is 5.39 Å². The minimum atomic E-state index is -1.19. The molecule has 0 atom stereocenters. The Morgan fingerprint density at radius 1 is 0.946 bits per heavy atom. The Kier molecular flexibility index (Phi) is 8.60. The van der Waals surface area contributed by atoms with Gasteiger partial charge in [-0.05, 0) is 58.6 Å². The number of rotatable bonds is 11. The summed E-state index contributed by atoms with van der Waals surface area (Å²) < 4.78 is 21.8. The third-order valence-corrected chi connectivity index (χ3v) is 5.77. The molecule has 9 nitrogen and oxygen atoms in total. The van der Waals surface area contributed by atoms with Crippen molar-refractivity contribution in [3.05, 3.63) is 62.3 Å². The van der Waals surface area contributed by atoms with Crippen molar-refractivity contribution in [3.63, 3.8) is 0 Å². The summed E-state index contributed by atoms with van der Waals surface area (Å²) in [4.78, 5) is 35.5. The smallest absolute Gasteiger partial charge is 0.341 e. The van der Waals surface area contributed by atoms with Gasteiger partial charge in [-0.15, -0.1) is 0 Å². The summed E-state index contributed by atoms with van der Waals surface area (Å²) in [5.74, 6) is -1.05. The zero-order valence-corrected chi connectivity index (χ0v) is 21.5. The highest BCUT2D eigenvalue weighted by atomic mass is 16.7. The molecule has 0 aliphatic rings. The normalized spacial score (nSPS) is 10.7. The van der Waals surface area contributed by atoms with Crippen LogP contribution in [0.15, 0.2) is 44.6 Å². The quantitative estimate of drug-likeness (QED) is 0.121. The maximum atomic E-state index is 13.9. The molecule has 3 rings (SSSR count).